The summed E-state index contributed by atoms with van der Waals surface area (Å²) in [5, 5.41) is 11.4. The number of anilines is 1. The molecule has 0 spiro atoms. The van der Waals surface area contributed by atoms with Crippen LogP contribution in [0.1, 0.15) is 27.3 Å². The first-order valence-electron chi connectivity index (χ1n) is 8.91. The molecule has 29 heavy (non-hydrogen) atoms. The second-order valence-corrected chi connectivity index (χ2v) is 6.84. The van der Waals surface area contributed by atoms with Crippen molar-refractivity contribution < 1.29 is 9.59 Å². The highest BCUT2D eigenvalue weighted by atomic mass is 35.5. The van der Waals surface area contributed by atoms with Crippen LogP contribution in [0.25, 0.3) is 0 Å². The molecule has 1 heterocycles. The molecule has 0 saturated carbocycles. The van der Waals surface area contributed by atoms with Gasteiger partial charge in [0.2, 0.25) is 0 Å². The predicted molar refractivity (Wildman–Crippen MR) is 113 cm³/mol. The number of carbonyl (C=O) groups is 2. The highest BCUT2D eigenvalue weighted by molar-refractivity contribution is 6.34. The van der Waals surface area contributed by atoms with Gasteiger partial charge >= 0.3 is 0 Å². The highest BCUT2D eigenvalue weighted by Crippen LogP contribution is 2.17. The van der Waals surface area contributed by atoms with Gasteiger partial charge in [0.25, 0.3) is 11.8 Å². The molecule has 0 aliphatic heterocycles. The summed E-state index contributed by atoms with van der Waals surface area (Å²) in [5.74, 6) is -0.585. The maximum atomic E-state index is 12.4. The van der Waals surface area contributed by atoms with Crippen LogP contribution >= 0.6 is 11.6 Å². The summed E-state index contributed by atoms with van der Waals surface area (Å²) in [4.78, 5) is 24.4. The minimum Gasteiger partial charge on any atom is -0.322 e. The summed E-state index contributed by atoms with van der Waals surface area (Å²) in [6.45, 7) is 3.85. The first-order valence-corrected chi connectivity index (χ1v) is 9.29. The van der Waals surface area contributed by atoms with Gasteiger partial charge in [0.15, 0.2) is 0 Å². The smallest absolute Gasteiger partial charge is 0.261 e. The van der Waals surface area contributed by atoms with Crippen LogP contribution in [0.2, 0.25) is 5.02 Å². The topological polar surface area (TPSA) is 88.4 Å². The molecule has 7 nitrogen and oxygen atoms in total. The van der Waals surface area contributed by atoms with Crippen LogP contribution in [-0.2, 0) is 11.3 Å². The number of hydrazone groups is 1. The molecule has 2 aromatic carbocycles. The molecule has 3 aromatic rings. The van der Waals surface area contributed by atoms with E-state index < -0.39 is 0 Å². The molecule has 0 saturated heterocycles. The number of carbonyl (C=O) groups excluding carboxylic acids is 2. The van der Waals surface area contributed by atoms with Crippen molar-refractivity contribution in [2.75, 3.05) is 5.32 Å². The van der Waals surface area contributed by atoms with Crippen LogP contribution < -0.4 is 10.7 Å². The minimum atomic E-state index is -0.303. The predicted octanol–water partition coefficient (Wildman–Crippen LogP) is 3.56. The van der Waals surface area contributed by atoms with Crippen LogP contribution in [0.15, 0.2) is 59.7 Å². The van der Waals surface area contributed by atoms with Crippen molar-refractivity contribution in [1.29, 1.82) is 0 Å². The van der Waals surface area contributed by atoms with E-state index in [9.17, 15) is 9.59 Å². The Bertz CT molecular complexity index is 1070. The van der Waals surface area contributed by atoms with Crippen LogP contribution in [0, 0.1) is 13.8 Å². The van der Waals surface area contributed by atoms with Crippen LogP contribution in [0.5, 0.6) is 0 Å². The first-order chi connectivity index (χ1) is 13.9. The quantitative estimate of drug-likeness (QED) is 0.482. The Morgan fingerprint density at radius 1 is 1.14 bits per heavy atom. The van der Waals surface area contributed by atoms with Crippen molar-refractivity contribution in [1.82, 2.24) is 15.2 Å². The Morgan fingerprint density at radius 3 is 2.66 bits per heavy atom. The molecule has 0 atom stereocenters. The van der Waals surface area contributed by atoms with Gasteiger partial charge in [-0.15, -0.1) is 0 Å². The van der Waals surface area contributed by atoms with E-state index in [1.807, 2.05) is 26.0 Å². The average molecular weight is 410 g/mol. The largest absolute Gasteiger partial charge is 0.322 e. The number of amides is 2. The summed E-state index contributed by atoms with van der Waals surface area (Å²) in [6, 6.07) is 15.8. The van der Waals surface area contributed by atoms with Gasteiger partial charge in [-0.2, -0.15) is 10.2 Å². The summed E-state index contributed by atoms with van der Waals surface area (Å²) < 4.78 is 1.62. The van der Waals surface area contributed by atoms with Gasteiger partial charge in [0.05, 0.1) is 22.5 Å². The van der Waals surface area contributed by atoms with E-state index in [0.29, 0.717) is 21.8 Å². The first kappa shape index (κ1) is 20.3. The molecule has 2 amide bonds. The summed E-state index contributed by atoms with van der Waals surface area (Å²) in [6.07, 6.45) is 1.50. The highest BCUT2D eigenvalue weighted by Gasteiger charge is 2.10. The third kappa shape index (κ3) is 5.52. The lowest BCUT2D eigenvalue weighted by molar-refractivity contribution is -0.121. The summed E-state index contributed by atoms with van der Waals surface area (Å²) in [5.41, 5.74) is 5.94. The normalized spacial score (nSPS) is 10.9. The lowest BCUT2D eigenvalue weighted by Gasteiger charge is -2.07. The third-order valence-electron chi connectivity index (χ3n) is 4.06. The van der Waals surface area contributed by atoms with E-state index in [-0.39, 0.29) is 18.4 Å². The fourth-order valence-electron chi connectivity index (χ4n) is 2.73. The molecule has 0 radical (unpaired) electrons. The molecular formula is C21H20ClN5O2. The van der Waals surface area contributed by atoms with Crippen molar-refractivity contribution in [3.63, 3.8) is 0 Å². The van der Waals surface area contributed by atoms with Gasteiger partial charge in [-0.1, -0.05) is 35.9 Å². The molecule has 0 bridgehead atoms. The number of hydrogen-bond acceptors (Lipinski definition) is 4. The fourth-order valence-corrected chi connectivity index (χ4v) is 2.95. The Hall–Kier alpha value is -3.45. The standard InChI is InChI=1S/C21H20ClN5O2/c1-14-10-15(2)27(26-14)13-20(28)25-23-12-16-6-5-7-17(11-16)24-21(29)18-8-3-4-9-19(18)22/h3-12H,13H2,1-2H3,(H,24,29)(H,25,28). The van der Waals surface area contributed by atoms with Crippen molar-refractivity contribution in [3.05, 3.63) is 82.1 Å². The van der Waals surface area contributed by atoms with Gasteiger partial charge in [-0.25, -0.2) is 5.43 Å². The van der Waals surface area contributed by atoms with E-state index in [1.165, 1.54) is 6.21 Å². The van der Waals surface area contributed by atoms with Gasteiger partial charge < -0.3 is 5.32 Å². The maximum absolute atomic E-state index is 12.4. The molecule has 3 rings (SSSR count). The molecular weight excluding hydrogens is 390 g/mol. The van der Waals surface area contributed by atoms with Crippen molar-refractivity contribution in [3.8, 4) is 0 Å². The van der Waals surface area contributed by atoms with Gasteiger partial charge in [-0.3, -0.25) is 14.3 Å². The third-order valence-corrected chi connectivity index (χ3v) is 4.39. The molecule has 0 aliphatic carbocycles. The molecule has 0 unspecified atom stereocenters. The molecule has 148 valence electrons. The fraction of sp³-hybridized carbons (Fsp3) is 0.143. The van der Waals surface area contributed by atoms with E-state index >= 15 is 0 Å². The number of halogens is 1. The zero-order valence-electron chi connectivity index (χ0n) is 16.0. The Morgan fingerprint density at radius 2 is 1.93 bits per heavy atom. The number of aryl methyl sites for hydroxylation is 2. The molecule has 8 heteroatoms. The summed E-state index contributed by atoms with van der Waals surface area (Å²) >= 11 is 6.06. The van der Waals surface area contributed by atoms with Crippen LogP contribution in [0.4, 0.5) is 5.69 Å². The van der Waals surface area contributed by atoms with Gasteiger partial charge in [0.1, 0.15) is 6.54 Å². The molecule has 0 fully saturated rings. The van der Waals surface area contributed by atoms with Crippen molar-refractivity contribution in [2.45, 2.75) is 20.4 Å². The Kier molecular flexibility index (Phi) is 6.41. The lowest BCUT2D eigenvalue weighted by Crippen LogP contribution is -2.24. The lowest BCUT2D eigenvalue weighted by atomic mass is 10.2. The molecule has 0 aliphatic rings. The number of nitrogens with zero attached hydrogens (tertiary/aromatic N) is 3. The maximum Gasteiger partial charge on any atom is 0.261 e. The van der Waals surface area contributed by atoms with E-state index in [4.69, 9.17) is 11.6 Å². The number of nitrogens with one attached hydrogen (secondary N) is 2. The summed E-state index contributed by atoms with van der Waals surface area (Å²) in [7, 11) is 0. The Balaban J connectivity index is 1.59. The van der Waals surface area contributed by atoms with E-state index in [1.54, 1.807) is 47.1 Å². The van der Waals surface area contributed by atoms with Crippen molar-refractivity contribution in [2.24, 2.45) is 5.10 Å². The zero-order chi connectivity index (χ0) is 20.8. The minimum absolute atomic E-state index is 0.0882. The Labute approximate surface area is 173 Å². The number of rotatable bonds is 6. The van der Waals surface area contributed by atoms with Crippen LogP contribution in [0.3, 0.4) is 0 Å². The average Bonchev–Trinajstić information content (AvgIpc) is 2.99. The zero-order valence-corrected chi connectivity index (χ0v) is 16.8. The second kappa shape index (κ2) is 9.16. The van der Waals surface area contributed by atoms with Gasteiger partial charge in [-0.05, 0) is 49.7 Å². The van der Waals surface area contributed by atoms with Gasteiger partial charge in [0, 0.05) is 11.4 Å². The SMILES string of the molecule is Cc1cc(C)n(CC(=O)NN=Cc2cccc(NC(=O)c3ccccc3Cl)c2)n1. The van der Waals surface area contributed by atoms with E-state index in [2.05, 4.69) is 20.9 Å². The number of aromatic nitrogens is 2. The van der Waals surface area contributed by atoms with Crippen molar-refractivity contribution >= 4 is 35.3 Å². The molecule has 1 aromatic heterocycles. The number of hydrogen-bond donors (Lipinski definition) is 2. The molecule has 2 N–H and O–H groups in total. The van der Waals surface area contributed by atoms with Crippen LogP contribution in [-0.4, -0.2) is 27.8 Å². The second-order valence-electron chi connectivity index (χ2n) is 6.44. The monoisotopic (exact) mass is 409 g/mol. The number of benzene rings is 2. The van der Waals surface area contributed by atoms with E-state index in [0.717, 1.165) is 11.4 Å².